The molecule has 0 unspecified atom stereocenters. The number of benzene rings is 3. The fourth-order valence-electron chi connectivity index (χ4n) is 3.90. The van der Waals surface area contributed by atoms with Gasteiger partial charge in [0.15, 0.2) is 15.6 Å². The van der Waals surface area contributed by atoms with Crippen molar-refractivity contribution < 1.29 is 61.9 Å². The molecular weight excluding hydrogens is 775 g/mol. The van der Waals surface area contributed by atoms with E-state index in [1.807, 2.05) is 0 Å². The number of carbonyl (C=O) groups excluding carboxylic acids is 2. The van der Waals surface area contributed by atoms with E-state index in [2.05, 4.69) is 5.32 Å². The number of carbonyl (C=O) groups is 2. The van der Waals surface area contributed by atoms with Gasteiger partial charge in [-0.25, -0.2) is 12.8 Å². The molecule has 0 aromatic heterocycles. The standard InChI is InChI=1S/C26H15ClF10INO4S/c1-44(42,43)15-5-6-16(19(27)10-15)22(41)39-14-4-2-3-12(7-14)21(40)11-17-18(24(29,30)31)8-13(9-20(17)38)23(28,25(32,33)34)26(35,36)37/h2-10H,11H2,1H3,(H,39,41). The molecule has 0 saturated heterocycles. The zero-order chi connectivity index (χ0) is 33.6. The zero-order valence-electron chi connectivity index (χ0n) is 21.5. The highest BCUT2D eigenvalue weighted by Crippen LogP contribution is 2.54. The molecule has 0 heterocycles. The first-order chi connectivity index (χ1) is 19.9. The molecular formula is C26H15ClF10INO4S. The molecule has 44 heavy (non-hydrogen) atoms. The van der Waals surface area contributed by atoms with Crippen molar-refractivity contribution in [3.8, 4) is 0 Å². The molecule has 18 heteroatoms. The molecule has 0 aliphatic rings. The lowest BCUT2D eigenvalue weighted by molar-refractivity contribution is -0.348. The van der Waals surface area contributed by atoms with Gasteiger partial charge >= 0.3 is 24.2 Å². The number of hydrogen-bond donors (Lipinski definition) is 1. The van der Waals surface area contributed by atoms with Crippen LogP contribution in [0.4, 0.5) is 49.6 Å². The summed E-state index contributed by atoms with van der Waals surface area (Å²) in [4.78, 5) is 25.4. The van der Waals surface area contributed by atoms with Crippen LogP contribution in [0.5, 0.6) is 0 Å². The molecule has 1 amide bonds. The number of anilines is 1. The molecule has 5 nitrogen and oxygen atoms in total. The molecule has 0 atom stereocenters. The Hall–Kier alpha value is -2.93. The maximum Gasteiger partial charge on any atom is 0.435 e. The monoisotopic (exact) mass is 789 g/mol. The highest BCUT2D eigenvalue weighted by molar-refractivity contribution is 14.1. The van der Waals surface area contributed by atoms with Crippen molar-refractivity contribution in [2.45, 2.75) is 35.5 Å². The van der Waals surface area contributed by atoms with E-state index in [1.165, 1.54) is 12.1 Å². The molecule has 0 bridgehead atoms. The summed E-state index contributed by atoms with van der Waals surface area (Å²) in [6.07, 6.45) is -19.2. The van der Waals surface area contributed by atoms with Crippen LogP contribution in [-0.2, 0) is 28.1 Å². The molecule has 3 rings (SSSR count). The van der Waals surface area contributed by atoms with Crippen LogP contribution in [0.15, 0.2) is 59.5 Å². The van der Waals surface area contributed by atoms with Gasteiger partial charge in [0, 0.05) is 33.1 Å². The minimum Gasteiger partial charge on any atom is -0.322 e. The van der Waals surface area contributed by atoms with E-state index in [-0.39, 0.29) is 32.8 Å². The number of rotatable bonds is 7. The molecule has 0 saturated carbocycles. The molecule has 0 aliphatic carbocycles. The van der Waals surface area contributed by atoms with Gasteiger partial charge in [-0.2, -0.15) is 39.5 Å². The predicted molar refractivity (Wildman–Crippen MR) is 146 cm³/mol. The normalized spacial score (nSPS) is 13.1. The molecule has 1 N–H and O–H groups in total. The van der Waals surface area contributed by atoms with Crippen molar-refractivity contribution in [2.75, 3.05) is 11.6 Å². The maximum atomic E-state index is 14.6. The first-order valence-corrected chi connectivity index (χ1v) is 14.9. The van der Waals surface area contributed by atoms with Gasteiger partial charge in [-0.1, -0.05) is 23.7 Å². The van der Waals surface area contributed by atoms with Crippen LogP contribution >= 0.6 is 34.2 Å². The van der Waals surface area contributed by atoms with Crippen molar-refractivity contribution in [1.82, 2.24) is 0 Å². The Morgan fingerprint density at radius 3 is 1.95 bits per heavy atom. The smallest absolute Gasteiger partial charge is 0.322 e. The second-order valence-electron chi connectivity index (χ2n) is 9.18. The Kier molecular flexibility index (Phi) is 9.78. The second-order valence-corrected chi connectivity index (χ2v) is 12.8. The third-order valence-corrected chi connectivity index (χ3v) is 8.46. The zero-order valence-corrected chi connectivity index (χ0v) is 25.2. The Labute approximate surface area is 260 Å². The molecule has 0 spiro atoms. The van der Waals surface area contributed by atoms with Crippen LogP contribution in [-0.4, -0.2) is 38.7 Å². The maximum absolute atomic E-state index is 14.6. The lowest BCUT2D eigenvalue weighted by Gasteiger charge is -2.31. The van der Waals surface area contributed by atoms with E-state index in [4.69, 9.17) is 11.6 Å². The van der Waals surface area contributed by atoms with Gasteiger partial charge in [-0.3, -0.25) is 9.59 Å². The molecule has 0 radical (unpaired) electrons. The van der Waals surface area contributed by atoms with Gasteiger partial charge in [0.25, 0.3) is 5.91 Å². The van der Waals surface area contributed by atoms with Crippen molar-refractivity contribution >= 4 is 61.4 Å². The SMILES string of the molecule is CS(=O)(=O)c1ccc(C(=O)Nc2cccc(C(=O)Cc3c(I)cc(C(F)(C(F)(F)F)C(F)(F)F)cc3C(F)(F)F)c2)c(Cl)c1. The van der Waals surface area contributed by atoms with Crippen molar-refractivity contribution in [1.29, 1.82) is 0 Å². The fraction of sp³-hybridized carbons (Fsp3) is 0.231. The minimum absolute atomic E-state index is 0.0607. The van der Waals surface area contributed by atoms with Crippen molar-refractivity contribution in [3.05, 3.63) is 91.0 Å². The number of ketones is 1. The topological polar surface area (TPSA) is 80.3 Å². The number of Topliss-reactive ketones (excluding diaryl/α,β-unsaturated/α-hetero) is 1. The third-order valence-electron chi connectivity index (χ3n) is 6.07. The van der Waals surface area contributed by atoms with Gasteiger partial charge in [-0.15, -0.1) is 0 Å². The van der Waals surface area contributed by atoms with Crippen molar-refractivity contribution in [3.63, 3.8) is 0 Å². The number of hydrogen-bond acceptors (Lipinski definition) is 4. The van der Waals surface area contributed by atoms with E-state index in [9.17, 15) is 61.9 Å². The van der Waals surface area contributed by atoms with E-state index in [1.54, 1.807) is 0 Å². The average Bonchev–Trinajstić information content (AvgIpc) is 2.86. The number of halogens is 12. The Balaban J connectivity index is 1.97. The van der Waals surface area contributed by atoms with Gasteiger partial charge < -0.3 is 5.32 Å². The van der Waals surface area contributed by atoms with Crippen LogP contribution < -0.4 is 5.32 Å². The Morgan fingerprint density at radius 1 is 0.864 bits per heavy atom. The fourth-order valence-corrected chi connectivity index (χ4v) is 5.69. The van der Waals surface area contributed by atoms with E-state index in [0.29, 0.717) is 0 Å². The first kappa shape index (κ1) is 35.5. The lowest BCUT2D eigenvalue weighted by Crippen LogP contribution is -2.50. The van der Waals surface area contributed by atoms with Gasteiger partial charge in [0.1, 0.15) is 0 Å². The molecule has 0 fully saturated rings. The summed E-state index contributed by atoms with van der Waals surface area (Å²) in [7, 11) is -3.65. The minimum atomic E-state index is -6.67. The summed E-state index contributed by atoms with van der Waals surface area (Å²) < 4.78 is 158. The van der Waals surface area contributed by atoms with Gasteiger partial charge in [-0.05, 0) is 70.6 Å². The number of nitrogens with one attached hydrogen (secondary N) is 1. The molecule has 238 valence electrons. The van der Waals surface area contributed by atoms with Crippen LogP contribution in [0.25, 0.3) is 0 Å². The third kappa shape index (κ3) is 7.30. The number of alkyl halides is 10. The predicted octanol–water partition coefficient (Wildman–Crippen LogP) is 8.33. The van der Waals surface area contributed by atoms with Crippen molar-refractivity contribution in [2.24, 2.45) is 0 Å². The quantitative estimate of drug-likeness (QED) is 0.148. The van der Waals surface area contributed by atoms with E-state index >= 15 is 0 Å². The van der Waals surface area contributed by atoms with Gasteiger partial charge in [0.2, 0.25) is 0 Å². The van der Waals surface area contributed by atoms with E-state index < -0.39 is 78.5 Å². The largest absolute Gasteiger partial charge is 0.435 e. The summed E-state index contributed by atoms with van der Waals surface area (Å²) in [6.45, 7) is 0. The van der Waals surface area contributed by atoms with Crippen LogP contribution in [0, 0.1) is 3.57 Å². The van der Waals surface area contributed by atoms with Crippen LogP contribution in [0.1, 0.15) is 37.4 Å². The summed E-state index contributed by atoms with van der Waals surface area (Å²) in [5.74, 6) is -1.96. The number of sulfone groups is 1. The van der Waals surface area contributed by atoms with Crippen LogP contribution in [0.2, 0.25) is 5.02 Å². The summed E-state index contributed by atoms with van der Waals surface area (Å²) in [6, 6.07) is 7.16. The number of amides is 1. The average molecular weight is 790 g/mol. The molecule has 3 aromatic carbocycles. The highest BCUT2D eigenvalue weighted by atomic mass is 127. The molecule has 3 aromatic rings. The second kappa shape index (κ2) is 12.1. The summed E-state index contributed by atoms with van der Waals surface area (Å²) >= 11 is 6.98. The van der Waals surface area contributed by atoms with Crippen LogP contribution in [0.3, 0.4) is 0 Å². The Morgan fingerprint density at radius 2 is 1.45 bits per heavy atom. The van der Waals surface area contributed by atoms with Gasteiger partial charge in [0.05, 0.1) is 21.0 Å². The summed E-state index contributed by atoms with van der Waals surface area (Å²) in [5.41, 5.74) is -12.2. The summed E-state index contributed by atoms with van der Waals surface area (Å²) in [5, 5.41) is 2.11. The highest BCUT2D eigenvalue weighted by Gasteiger charge is 2.73. The van der Waals surface area contributed by atoms with E-state index in [0.717, 1.165) is 59.2 Å². The first-order valence-electron chi connectivity index (χ1n) is 11.5. The Bertz CT molecular complexity index is 1720. The lowest BCUT2D eigenvalue weighted by atomic mass is 9.89. The molecule has 0 aliphatic heterocycles.